The van der Waals surface area contributed by atoms with Gasteiger partial charge in [-0.3, -0.25) is 4.99 Å². The number of nitrogens with zero attached hydrogens (tertiary/aromatic N) is 2. The summed E-state index contributed by atoms with van der Waals surface area (Å²) >= 11 is 0. The predicted octanol–water partition coefficient (Wildman–Crippen LogP) is 4.74. The van der Waals surface area contributed by atoms with Crippen molar-refractivity contribution in [2.45, 2.75) is 13.3 Å². The zero-order valence-electron chi connectivity index (χ0n) is 17.6. The van der Waals surface area contributed by atoms with Gasteiger partial charge in [-0.15, -0.1) is 24.0 Å². The van der Waals surface area contributed by atoms with Gasteiger partial charge >= 0.3 is 0 Å². The second-order valence-corrected chi connectivity index (χ2v) is 6.36. The van der Waals surface area contributed by atoms with Gasteiger partial charge in [0.25, 0.3) is 0 Å². The first-order chi connectivity index (χ1) is 14.6. The van der Waals surface area contributed by atoms with Crippen LogP contribution in [0.5, 0.6) is 11.5 Å². The third-order valence-electron chi connectivity index (χ3n) is 4.27. The molecule has 0 atom stereocenters. The Balaban J connectivity index is 0.00000341. The third kappa shape index (κ3) is 6.84. The summed E-state index contributed by atoms with van der Waals surface area (Å²) in [5.74, 6) is 2.11. The first-order valence-electron chi connectivity index (χ1n) is 9.60. The second-order valence-electron chi connectivity index (χ2n) is 6.36. The van der Waals surface area contributed by atoms with E-state index >= 15 is 0 Å². The fourth-order valence-corrected chi connectivity index (χ4v) is 2.79. The fourth-order valence-electron chi connectivity index (χ4n) is 2.79. The first kappa shape index (κ1) is 24.4. The van der Waals surface area contributed by atoms with E-state index in [0.717, 1.165) is 23.5 Å². The average Bonchev–Trinajstić information content (AvgIpc) is 3.23. The van der Waals surface area contributed by atoms with E-state index in [1.807, 2.05) is 25.1 Å². The van der Waals surface area contributed by atoms with Crippen LogP contribution in [0.4, 0.5) is 10.1 Å². The van der Waals surface area contributed by atoms with E-state index in [-0.39, 0.29) is 29.8 Å². The van der Waals surface area contributed by atoms with Crippen molar-refractivity contribution in [3.63, 3.8) is 0 Å². The Labute approximate surface area is 198 Å². The lowest BCUT2D eigenvalue weighted by Gasteiger charge is -2.13. The lowest BCUT2D eigenvalue weighted by Crippen LogP contribution is -2.30. The minimum atomic E-state index is -0.294. The Kier molecular flexibility index (Phi) is 9.57. The van der Waals surface area contributed by atoms with Gasteiger partial charge in [-0.25, -0.2) is 9.37 Å². The molecule has 7 nitrogen and oxygen atoms in total. The summed E-state index contributed by atoms with van der Waals surface area (Å²) in [5.41, 5.74) is 2.34. The number of anilines is 1. The number of aliphatic imine (C=N–C) groups is 1. The van der Waals surface area contributed by atoms with Crippen molar-refractivity contribution in [3.8, 4) is 23.0 Å². The van der Waals surface area contributed by atoms with E-state index in [9.17, 15) is 4.39 Å². The minimum Gasteiger partial charge on any atom is -0.493 e. The molecule has 0 unspecified atom stereocenters. The Morgan fingerprint density at radius 1 is 1.10 bits per heavy atom. The molecule has 2 N–H and O–H groups in total. The normalized spacial score (nSPS) is 10.9. The quantitative estimate of drug-likeness (QED) is 0.244. The molecule has 0 saturated carbocycles. The number of oxazole rings is 1. The van der Waals surface area contributed by atoms with Crippen LogP contribution in [0.15, 0.2) is 58.1 Å². The standard InChI is InChI=1S/C22H25FN4O3.HI/c1-4-24-22(27-17-9-10-19(28-2)20(13-17)29-3)25-12-11-18-14-30-21(26-18)15-5-7-16(23)8-6-15;/h5-10,13-14H,4,11-12H2,1-3H3,(H2,24,25,27);1H. The highest BCUT2D eigenvalue weighted by molar-refractivity contribution is 14.0. The van der Waals surface area contributed by atoms with E-state index in [4.69, 9.17) is 13.9 Å². The maximum absolute atomic E-state index is 13.1. The molecule has 3 aromatic rings. The van der Waals surface area contributed by atoms with E-state index in [1.165, 1.54) is 12.1 Å². The molecule has 0 spiro atoms. The van der Waals surface area contributed by atoms with Gasteiger partial charge in [0.05, 0.1) is 19.9 Å². The number of ether oxygens (including phenoxy) is 2. The first-order valence-corrected chi connectivity index (χ1v) is 9.60. The van der Waals surface area contributed by atoms with E-state index in [2.05, 4.69) is 20.6 Å². The summed E-state index contributed by atoms with van der Waals surface area (Å²) in [7, 11) is 3.20. The molecule has 0 aliphatic carbocycles. The Hall–Kier alpha value is -2.82. The van der Waals surface area contributed by atoms with Crippen LogP contribution in [0.3, 0.4) is 0 Å². The SMILES string of the molecule is CCNC(=NCCc1coc(-c2ccc(F)cc2)n1)Nc1ccc(OC)c(OC)c1.I. The van der Waals surface area contributed by atoms with Crippen LogP contribution in [0.25, 0.3) is 11.5 Å². The van der Waals surface area contributed by atoms with Crippen molar-refractivity contribution in [1.29, 1.82) is 0 Å². The van der Waals surface area contributed by atoms with Crippen LogP contribution in [0.1, 0.15) is 12.6 Å². The molecule has 1 aromatic heterocycles. The number of nitrogens with one attached hydrogen (secondary N) is 2. The van der Waals surface area contributed by atoms with Crippen LogP contribution in [-0.2, 0) is 6.42 Å². The average molecular weight is 540 g/mol. The van der Waals surface area contributed by atoms with E-state index in [1.54, 1.807) is 32.6 Å². The molecular weight excluding hydrogens is 514 g/mol. The molecule has 9 heteroatoms. The summed E-state index contributed by atoms with van der Waals surface area (Å²) in [6.45, 7) is 3.23. The molecule has 0 aliphatic heterocycles. The van der Waals surface area contributed by atoms with Crippen LogP contribution in [-0.4, -0.2) is 38.3 Å². The highest BCUT2D eigenvalue weighted by Gasteiger charge is 2.08. The van der Waals surface area contributed by atoms with Crippen molar-refractivity contribution in [2.24, 2.45) is 4.99 Å². The number of benzene rings is 2. The van der Waals surface area contributed by atoms with E-state index in [0.29, 0.717) is 36.3 Å². The number of hydrogen-bond acceptors (Lipinski definition) is 5. The van der Waals surface area contributed by atoms with Crippen LogP contribution in [0.2, 0.25) is 0 Å². The minimum absolute atomic E-state index is 0. The molecule has 0 amide bonds. The van der Waals surface area contributed by atoms with Crippen molar-refractivity contribution in [3.05, 3.63) is 60.2 Å². The molecule has 0 saturated heterocycles. The number of methoxy groups -OCH3 is 2. The zero-order valence-corrected chi connectivity index (χ0v) is 20.0. The number of hydrogen-bond donors (Lipinski definition) is 2. The van der Waals surface area contributed by atoms with Crippen molar-refractivity contribution in [2.75, 3.05) is 32.6 Å². The molecule has 3 rings (SSSR count). The molecule has 1 heterocycles. The van der Waals surface area contributed by atoms with Gasteiger partial charge in [-0.2, -0.15) is 0 Å². The number of halogens is 2. The Morgan fingerprint density at radius 2 is 1.84 bits per heavy atom. The Morgan fingerprint density at radius 3 is 2.52 bits per heavy atom. The highest BCUT2D eigenvalue weighted by Crippen LogP contribution is 2.29. The molecule has 0 bridgehead atoms. The lowest BCUT2D eigenvalue weighted by molar-refractivity contribution is 0.355. The van der Waals surface area contributed by atoms with Gasteiger partial charge in [0, 0.05) is 36.8 Å². The largest absolute Gasteiger partial charge is 0.493 e. The van der Waals surface area contributed by atoms with Crippen molar-refractivity contribution >= 4 is 35.6 Å². The summed E-state index contributed by atoms with van der Waals surface area (Å²) in [6, 6.07) is 11.6. The van der Waals surface area contributed by atoms with Crippen molar-refractivity contribution < 1.29 is 18.3 Å². The summed E-state index contributed by atoms with van der Waals surface area (Å²) in [6.07, 6.45) is 2.20. The van der Waals surface area contributed by atoms with Crippen LogP contribution >= 0.6 is 24.0 Å². The van der Waals surface area contributed by atoms with Crippen LogP contribution in [0, 0.1) is 5.82 Å². The van der Waals surface area contributed by atoms with Gasteiger partial charge in [0.2, 0.25) is 5.89 Å². The molecule has 31 heavy (non-hydrogen) atoms. The van der Waals surface area contributed by atoms with Crippen molar-refractivity contribution in [1.82, 2.24) is 10.3 Å². The molecule has 166 valence electrons. The molecule has 0 radical (unpaired) electrons. The van der Waals surface area contributed by atoms with Gasteiger partial charge in [-0.05, 0) is 43.3 Å². The molecule has 2 aromatic carbocycles. The maximum atomic E-state index is 13.1. The van der Waals surface area contributed by atoms with E-state index < -0.39 is 0 Å². The zero-order chi connectivity index (χ0) is 21.3. The van der Waals surface area contributed by atoms with Gasteiger partial charge in [0.1, 0.15) is 12.1 Å². The maximum Gasteiger partial charge on any atom is 0.226 e. The monoisotopic (exact) mass is 540 g/mol. The summed E-state index contributed by atoms with van der Waals surface area (Å²) < 4.78 is 29.2. The smallest absolute Gasteiger partial charge is 0.226 e. The van der Waals surface area contributed by atoms with Crippen LogP contribution < -0.4 is 20.1 Å². The summed E-state index contributed by atoms with van der Waals surface area (Å²) in [5, 5.41) is 6.46. The fraction of sp³-hybridized carbons (Fsp3) is 0.273. The number of guanidine groups is 1. The number of rotatable bonds is 8. The highest BCUT2D eigenvalue weighted by atomic mass is 127. The number of aromatic nitrogens is 1. The van der Waals surface area contributed by atoms with Gasteiger partial charge in [0.15, 0.2) is 17.5 Å². The van der Waals surface area contributed by atoms with Gasteiger partial charge < -0.3 is 24.5 Å². The third-order valence-corrected chi connectivity index (χ3v) is 4.27. The molecule has 0 fully saturated rings. The predicted molar refractivity (Wildman–Crippen MR) is 130 cm³/mol. The lowest BCUT2D eigenvalue weighted by atomic mass is 10.2. The topological polar surface area (TPSA) is 80.9 Å². The second kappa shape index (κ2) is 12.1. The molecule has 0 aliphatic rings. The van der Waals surface area contributed by atoms with Gasteiger partial charge in [-0.1, -0.05) is 0 Å². The summed E-state index contributed by atoms with van der Waals surface area (Å²) in [4.78, 5) is 9.04. The Bertz CT molecular complexity index is 993. The molecular formula is C22H26FIN4O3.